The molecule has 2 aliphatic rings. The maximum atomic E-state index is 13.7. The Labute approximate surface area is 183 Å². The second-order valence-corrected chi connectivity index (χ2v) is 8.68. The van der Waals surface area contributed by atoms with Gasteiger partial charge in [-0.1, -0.05) is 30.3 Å². The van der Waals surface area contributed by atoms with Crippen LogP contribution in [-0.2, 0) is 0 Å². The first-order chi connectivity index (χ1) is 15.1. The summed E-state index contributed by atoms with van der Waals surface area (Å²) in [6.45, 7) is 0. The summed E-state index contributed by atoms with van der Waals surface area (Å²) in [5, 5.41) is 22.6. The van der Waals surface area contributed by atoms with E-state index in [0.717, 1.165) is 16.0 Å². The summed E-state index contributed by atoms with van der Waals surface area (Å²) >= 11 is 1.43. The standard InChI is InChI=1S/C25H16FN3OS/c26-18-9-7-17(8-10-18)23(30)22-21(20-6-3-13-31-20)25(14-27,15-28)24-19-5-2-1-4-16(19)11-12-29(22)24/h1-13,21-22,24H/t21-,22+,24-/m0/s1. The Hall–Kier alpha value is -3.74. The van der Waals surface area contributed by atoms with Crippen molar-refractivity contribution in [2.24, 2.45) is 5.41 Å². The highest BCUT2D eigenvalue weighted by Crippen LogP contribution is 2.60. The molecule has 0 bridgehead atoms. The Morgan fingerprint density at radius 1 is 1.03 bits per heavy atom. The Kier molecular flexibility index (Phi) is 4.46. The van der Waals surface area contributed by atoms with Crippen LogP contribution in [0.25, 0.3) is 6.08 Å². The number of Topliss-reactive ketones (excluding diaryl/α,β-unsaturated/α-hetero) is 1. The Morgan fingerprint density at radius 2 is 1.77 bits per heavy atom. The van der Waals surface area contributed by atoms with E-state index in [9.17, 15) is 19.7 Å². The first-order valence-corrected chi connectivity index (χ1v) is 10.7. The molecule has 1 aromatic heterocycles. The average molecular weight is 425 g/mol. The minimum Gasteiger partial charge on any atom is -0.357 e. The minimum absolute atomic E-state index is 0.236. The normalized spacial score (nSPS) is 22.8. The van der Waals surface area contributed by atoms with Crippen LogP contribution in [0, 0.1) is 33.9 Å². The molecule has 0 aliphatic carbocycles. The van der Waals surface area contributed by atoms with Gasteiger partial charge in [0.05, 0.1) is 24.1 Å². The summed E-state index contributed by atoms with van der Waals surface area (Å²) in [7, 11) is 0. The molecule has 3 atom stereocenters. The number of nitrogens with zero attached hydrogens (tertiary/aromatic N) is 3. The van der Waals surface area contributed by atoms with E-state index in [1.165, 1.54) is 35.6 Å². The van der Waals surface area contributed by atoms with Gasteiger partial charge in [-0.2, -0.15) is 10.5 Å². The van der Waals surface area contributed by atoms with Crippen molar-refractivity contribution in [2.45, 2.75) is 18.0 Å². The van der Waals surface area contributed by atoms with E-state index in [-0.39, 0.29) is 5.78 Å². The maximum absolute atomic E-state index is 13.7. The fourth-order valence-electron chi connectivity index (χ4n) is 4.86. The van der Waals surface area contributed by atoms with Crippen LogP contribution in [0.3, 0.4) is 0 Å². The van der Waals surface area contributed by atoms with Gasteiger partial charge in [-0.25, -0.2) is 4.39 Å². The van der Waals surface area contributed by atoms with Crippen molar-refractivity contribution < 1.29 is 9.18 Å². The lowest BCUT2D eigenvalue weighted by Gasteiger charge is -2.34. The number of fused-ring (bicyclic) bond motifs is 3. The van der Waals surface area contributed by atoms with Gasteiger partial charge in [-0.3, -0.25) is 4.79 Å². The predicted octanol–water partition coefficient (Wildman–Crippen LogP) is 5.30. The van der Waals surface area contributed by atoms with Gasteiger partial charge in [0.25, 0.3) is 0 Å². The number of halogens is 1. The lowest BCUT2D eigenvalue weighted by atomic mass is 9.69. The summed E-state index contributed by atoms with van der Waals surface area (Å²) in [6, 6.07) is 20.1. The molecule has 3 heterocycles. The lowest BCUT2D eigenvalue weighted by molar-refractivity contribution is 0.0875. The number of hydrogen-bond acceptors (Lipinski definition) is 5. The maximum Gasteiger partial charge on any atom is 0.185 e. The average Bonchev–Trinajstić information content (AvgIpc) is 3.43. The quantitative estimate of drug-likeness (QED) is 0.534. The molecule has 3 aromatic rings. The second kappa shape index (κ2) is 7.19. The third-order valence-corrected chi connectivity index (χ3v) is 7.15. The Morgan fingerprint density at radius 3 is 2.45 bits per heavy atom. The van der Waals surface area contributed by atoms with Gasteiger partial charge in [-0.05, 0) is 52.9 Å². The van der Waals surface area contributed by atoms with Crippen molar-refractivity contribution in [1.82, 2.24) is 4.90 Å². The molecule has 31 heavy (non-hydrogen) atoms. The predicted molar refractivity (Wildman–Crippen MR) is 115 cm³/mol. The zero-order valence-corrected chi connectivity index (χ0v) is 17.1. The molecule has 150 valence electrons. The van der Waals surface area contributed by atoms with E-state index in [1.807, 2.05) is 59.0 Å². The fourth-order valence-corrected chi connectivity index (χ4v) is 5.79. The summed E-state index contributed by atoms with van der Waals surface area (Å²) in [4.78, 5) is 16.4. The van der Waals surface area contributed by atoms with Crippen LogP contribution >= 0.6 is 11.3 Å². The zero-order valence-electron chi connectivity index (χ0n) is 16.3. The van der Waals surface area contributed by atoms with Crippen LogP contribution in [0.2, 0.25) is 0 Å². The largest absolute Gasteiger partial charge is 0.357 e. The van der Waals surface area contributed by atoms with Gasteiger partial charge < -0.3 is 4.90 Å². The van der Waals surface area contributed by atoms with Gasteiger partial charge in [0.2, 0.25) is 0 Å². The summed E-state index contributed by atoms with van der Waals surface area (Å²) in [6.07, 6.45) is 3.73. The highest BCUT2D eigenvalue weighted by molar-refractivity contribution is 7.10. The van der Waals surface area contributed by atoms with Gasteiger partial charge >= 0.3 is 0 Å². The molecule has 0 unspecified atom stereocenters. The highest BCUT2D eigenvalue weighted by atomic mass is 32.1. The van der Waals surface area contributed by atoms with Crippen LogP contribution < -0.4 is 0 Å². The number of nitriles is 2. The SMILES string of the molecule is N#CC1(C#N)[C@@H]2c3ccccc3C=CN2[C@@H](C(=O)c2ccc(F)cc2)[C@@H]1c1cccs1. The molecule has 2 aliphatic heterocycles. The smallest absolute Gasteiger partial charge is 0.185 e. The lowest BCUT2D eigenvalue weighted by Crippen LogP contribution is -2.37. The molecule has 6 heteroatoms. The van der Waals surface area contributed by atoms with E-state index >= 15 is 0 Å². The Bertz CT molecular complexity index is 1250. The number of ketones is 1. The van der Waals surface area contributed by atoms with Crippen molar-refractivity contribution in [3.63, 3.8) is 0 Å². The van der Waals surface area contributed by atoms with Gasteiger partial charge in [0.1, 0.15) is 11.9 Å². The van der Waals surface area contributed by atoms with Crippen molar-refractivity contribution in [2.75, 3.05) is 0 Å². The highest BCUT2D eigenvalue weighted by Gasteiger charge is 2.64. The molecular weight excluding hydrogens is 409 g/mol. The molecular formula is C25H16FN3OS. The molecule has 5 rings (SSSR count). The van der Waals surface area contributed by atoms with E-state index in [2.05, 4.69) is 12.1 Å². The molecule has 4 nitrogen and oxygen atoms in total. The van der Waals surface area contributed by atoms with Crippen LogP contribution in [0.5, 0.6) is 0 Å². The van der Waals surface area contributed by atoms with Gasteiger partial charge in [-0.15, -0.1) is 11.3 Å². The number of benzene rings is 2. The molecule has 1 fully saturated rings. The second-order valence-electron chi connectivity index (χ2n) is 7.70. The molecule has 0 saturated carbocycles. The summed E-state index contributed by atoms with van der Waals surface area (Å²) in [5.41, 5.74) is 0.666. The fraction of sp³-hybridized carbons (Fsp3) is 0.160. The number of hydrogen-bond donors (Lipinski definition) is 0. The monoisotopic (exact) mass is 425 g/mol. The first-order valence-electron chi connectivity index (χ1n) is 9.81. The molecule has 0 spiro atoms. The van der Waals surface area contributed by atoms with Crippen LogP contribution in [0.15, 0.2) is 72.2 Å². The zero-order chi connectivity index (χ0) is 21.6. The van der Waals surface area contributed by atoms with E-state index in [4.69, 9.17) is 0 Å². The van der Waals surface area contributed by atoms with E-state index < -0.39 is 29.2 Å². The van der Waals surface area contributed by atoms with E-state index in [1.54, 1.807) is 0 Å². The molecule has 2 aromatic carbocycles. The number of carbonyl (C=O) groups is 1. The minimum atomic E-state index is -1.47. The third-order valence-electron chi connectivity index (χ3n) is 6.19. The topological polar surface area (TPSA) is 67.9 Å². The van der Waals surface area contributed by atoms with Crippen LogP contribution in [0.1, 0.15) is 38.3 Å². The number of carbonyl (C=O) groups excluding carboxylic acids is 1. The van der Waals surface area contributed by atoms with Crippen molar-refractivity contribution >= 4 is 23.2 Å². The third kappa shape index (κ3) is 2.73. The summed E-state index contributed by atoms with van der Waals surface area (Å²) in [5.74, 6) is -1.31. The molecule has 1 saturated heterocycles. The number of rotatable bonds is 3. The van der Waals surface area contributed by atoms with Crippen LogP contribution in [-0.4, -0.2) is 16.7 Å². The van der Waals surface area contributed by atoms with Crippen molar-refractivity contribution in [3.05, 3.63) is 99.6 Å². The summed E-state index contributed by atoms with van der Waals surface area (Å²) < 4.78 is 13.5. The van der Waals surface area contributed by atoms with Crippen molar-refractivity contribution in [3.8, 4) is 12.1 Å². The van der Waals surface area contributed by atoms with Crippen molar-refractivity contribution in [1.29, 1.82) is 10.5 Å². The van der Waals surface area contributed by atoms with E-state index in [0.29, 0.717) is 5.56 Å². The van der Waals surface area contributed by atoms with Gasteiger partial charge in [0.15, 0.2) is 11.2 Å². The van der Waals surface area contributed by atoms with Gasteiger partial charge in [0, 0.05) is 16.6 Å². The van der Waals surface area contributed by atoms with Crippen LogP contribution in [0.4, 0.5) is 4.39 Å². The molecule has 0 radical (unpaired) electrons. The first kappa shape index (κ1) is 19.2. The molecule has 0 N–H and O–H groups in total. The molecule has 0 amide bonds. The number of thiophene rings is 1. The Balaban J connectivity index is 1.75.